The molecular formula is C12H15FO2. The number of aliphatic hydroxyl groups excluding tert-OH is 1. The third kappa shape index (κ3) is 3.06. The summed E-state index contributed by atoms with van der Waals surface area (Å²) in [6.45, 7) is 6.98. The maximum atomic E-state index is 13.0. The smallest absolute Gasteiger partial charge is 0.128 e. The van der Waals surface area contributed by atoms with Gasteiger partial charge >= 0.3 is 0 Å². The molecular weight excluding hydrogens is 195 g/mol. The molecule has 2 nitrogen and oxygen atoms in total. The van der Waals surface area contributed by atoms with Gasteiger partial charge in [-0.25, -0.2) is 4.39 Å². The van der Waals surface area contributed by atoms with Crippen LogP contribution in [0.4, 0.5) is 4.39 Å². The van der Waals surface area contributed by atoms with Gasteiger partial charge in [0.15, 0.2) is 0 Å². The van der Waals surface area contributed by atoms with E-state index in [1.807, 2.05) is 0 Å². The second-order valence-electron chi connectivity index (χ2n) is 3.42. The molecule has 0 aliphatic rings. The van der Waals surface area contributed by atoms with Crippen LogP contribution in [-0.4, -0.2) is 11.2 Å². The SMILES string of the molecule is C=CC(C)Oc1cc(F)ccc1[C@@H](C)O. The second kappa shape index (κ2) is 4.94. The first-order valence-electron chi connectivity index (χ1n) is 4.81. The van der Waals surface area contributed by atoms with Crippen LogP contribution in [0.3, 0.4) is 0 Å². The van der Waals surface area contributed by atoms with E-state index in [-0.39, 0.29) is 11.9 Å². The van der Waals surface area contributed by atoms with Crippen LogP contribution in [0, 0.1) is 5.82 Å². The minimum absolute atomic E-state index is 0.218. The number of rotatable bonds is 4. The summed E-state index contributed by atoms with van der Waals surface area (Å²) >= 11 is 0. The largest absolute Gasteiger partial charge is 0.486 e. The van der Waals surface area contributed by atoms with Gasteiger partial charge in [0.1, 0.15) is 17.7 Å². The van der Waals surface area contributed by atoms with Crippen molar-refractivity contribution >= 4 is 0 Å². The molecule has 1 aromatic rings. The molecule has 15 heavy (non-hydrogen) atoms. The van der Waals surface area contributed by atoms with Crippen molar-refractivity contribution in [3.05, 3.63) is 42.2 Å². The number of benzene rings is 1. The van der Waals surface area contributed by atoms with Gasteiger partial charge in [0, 0.05) is 11.6 Å². The van der Waals surface area contributed by atoms with E-state index >= 15 is 0 Å². The van der Waals surface area contributed by atoms with E-state index in [4.69, 9.17) is 4.74 Å². The fourth-order valence-corrected chi connectivity index (χ4v) is 1.20. The Hall–Kier alpha value is -1.35. The lowest BCUT2D eigenvalue weighted by molar-refractivity contribution is 0.186. The molecule has 0 aromatic heterocycles. The summed E-state index contributed by atoms with van der Waals surface area (Å²) in [5.41, 5.74) is 0.574. The average Bonchev–Trinajstić information content (AvgIpc) is 2.17. The van der Waals surface area contributed by atoms with Gasteiger partial charge in [0.2, 0.25) is 0 Å². The minimum atomic E-state index is -0.683. The van der Waals surface area contributed by atoms with Crippen molar-refractivity contribution in [2.24, 2.45) is 0 Å². The number of halogens is 1. The summed E-state index contributed by atoms with van der Waals surface area (Å²) in [6.07, 6.45) is 0.707. The van der Waals surface area contributed by atoms with Gasteiger partial charge in [-0.3, -0.25) is 0 Å². The lowest BCUT2D eigenvalue weighted by Crippen LogP contribution is -2.10. The molecule has 0 amide bonds. The van der Waals surface area contributed by atoms with Gasteiger partial charge in [-0.15, -0.1) is 0 Å². The molecule has 0 bridgehead atoms. The third-order valence-corrected chi connectivity index (χ3v) is 2.07. The fourth-order valence-electron chi connectivity index (χ4n) is 1.20. The Morgan fingerprint density at radius 1 is 1.47 bits per heavy atom. The van der Waals surface area contributed by atoms with Gasteiger partial charge in [-0.05, 0) is 26.0 Å². The summed E-state index contributed by atoms with van der Waals surface area (Å²) in [4.78, 5) is 0. The monoisotopic (exact) mass is 210 g/mol. The van der Waals surface area contributed by atoms with E-state index < -0.39 is 6.10 Å². The Morgan fingerprint density at radius 3 is 2.67 bits per heavy atom. The van der Waals surface area contributed by atoms with Crippen LogP contribution < -0.4 is 4.74 Å². The second-order valence-corrected chi connectivity index (χ2v) is 3.42. The normalized spacial score (nSPS) is 14.4. The molecule has 2 atom stereocenters. The Labute approximate surface area is 89.0 Å². The summed E-state index contributed by atoms with van der Waals surface area (Å²) in [5, 5.41) is 9.45. The number of hydrogen-bond donors (Lipinski definition) is 1. The molecule has 0 spiro atoms. The van der Waals surface area contributed by atoms with Crippen LogP contribution in [-0.2, 0) is 0 Å². The molecule has 0 aliphatic carbocycles. The maximum absolute atomic E-state index is 13.0. The van der Waals surface area contributed by atoms with Crippen LogP contribution >= 0.6 is 0 Å². The highest BCUT2D eigenvalue weighted by Gasteiger charge is 2.11. The Balaban J connectivity index is 3.01. The fraction of sp³-hybridized carbons (Fsp3) is 0.333. The molecule has 0 fully saturated rings. The molecule has 3 heteroatoms. The van der Waals surface area contributed by atoms with Crippen LogP contribution in [0.15, 0.2) is 30.9 Å². The van der Waals surface area contributed by atoms with E-state index in [1.165, 1.54) is 18.2 Å². The maximum Gasteiger partial charge on any atom is 0.128 e. The molecule has 1 unspecified atom stereocenters. The molecule has 1 N–H and O–H groups in total. The van der Waals surface area contributed by atoms with Crippen LogP contribution in [0.5, 0.6) is 5.75 Å². The quantitative estimate of drug-likeness (QED) is 0.774. The predicted molar refractivity (Wildman–Crippen MR) is 57.3 cm³/mol. The minimum Gasteiger partial charge on any atom is -0.486 e. The topological polar surface area (TPSA) is 29.5 Å². The van der Waals surface area contributed by atoms with Crippen molar-refractivity contribution in [3.8, 4) is 5.75 Å². The van der Waals surface area contributed by atoms with Crippen molar-refractivity contribution in [1.29, 1.82) is 0 Å². The lowest BCUT2D eigenvalue weighted by atomic mass is 10.1. The Bertz CT molecular complexity index is 347. The van der Waals surface area contributed by atoms with E-state index in [0.717, 1.165) is 0 Å². The van der Waals surface area contributed by atoms with Crippen LogP contribution in [0.25, 0.3) is 0 Å². The first kappa shape index (κ1) is 11.7. The zero-order valence-electron chi connectivity index (χ0n) is 8.90. The summed E-state index contributed by atoms with van der Waals surface area (Å²) in [7, 11) is 0. The zero-order valence-corrected chi connectivity index (χ0v) is 8.90. The first-order chi connectivity index (χ1) is 7.04. The van der Waals surface area contributed by atoms with Crippen molar-refractivity contribution in [1.82, 2.24) is 0 Å². The predicted octanol–water partition coefficient (Wildman–Crippen LogP) is 2.83. The van der Waals surface area contributed by atoms with Crippen LogP contribution in [0.2, 0.25) is 0 Å². The van der Waals surface area contributed by atoms with E-state index in [9.17, 15) is 9.50 Å². The van der Waals surface area contributed by atoms with Gasteiger partial charge in [-0.1, -0.05) is 12.7 Å². The molecule has 82 valence electrons. The highest BCUT2D eigenvalue weighted by molar-refractivity contribution is 5.35. The third-order valence-electron chi connectivity index (χ3n) is 2.07. The number of aliphatic hydroxyl groups is 1. The van der Waals surface area contributed by atoms with Crippen molar-refractivity contribution in [2.75, 3.05) is 0 Å². The lowest BCUT2D eigenvalue weighted by Gasteiger charge is -2.16. The highest BCUT2D eigenvalue weighted by atomic mass is 19.1. The molecule has 0 aliphatic heterocycles. The molecule has 1 aromatic carbocycles. The van der Waals surface area contributed by atoms with Crippen molar-refractivity contribution < 1.29 is 14.2 Å². The summed E-state index contributed by atoms with van der Waals surface area (Å²) in [5.74, 6) is -0.0249. The van der Waals surface area contributed by atoms with E-state index in [2.05, 4.69) is 6.58 Å². The van der Waals surface area contributed by atoms with E-state index in [1.54, 1.807) is 19.9 Å². The molecule has 0 radical (unpaired) electrons. The van der Waals surface area contributed by atoms with Crippen molar-refractivity contribution in [3.63, 3.8) is 0 Å². The molecule has 0 heterocycles. The van der Waals surface area contributed by atoms with Gasteiger partial charge in [-0.2, -0.15) is 0 Å². The Kier molecular flexibility index (Phi) is 3.86. The van der Waals surface area contributed by atoms with Gasteiger partial charge < -0.3 is 9.84 Å². The van der Waals surface area contributed by atoms with Gasteiger partial charge in [0.05, 0.1) is 6.10 Å². The molecule has 1 rings (SSSR count). The van der Waals surface area contributed by atoms with Crippen molar-refractivity contribution in [2.45, 2.75) is 26.1 Å². The average molecular weight is 210 g/mol. The first-order valence-corrected chi connectivity index (χ1v) is 4.81. The summed E-state index contributed by atoms with van der Waals surface area (Å²) < 4.78 is 18.4. The number of hydrogen-bond acceptors (Lipinski definition) is 2. The standard InChI is InChI=1S/C12H15FO2/c1-4-8(2)15-12-7-10(13)5-6-11(12)9(3)14/h4-9,14H,1H2,2-3H3/t8?,9-/m1/s1. The molecule has 0 saturated carbocycles. The molecule has 0 saturated heterocycles. The van der Waals surface area contributed by atoms with Crippen LogP contribution in [0.1, 0.15) is 25.5 Å². The highest BCUT2D eigenvalue weighted by Crippen LogP contribution is 2.26. The van der Waals surface area contributed by atoms with Gasteiger partial charge in [0.25, 0.3) is 0 Å². The Morgan fingerprint density at radius 2 is 2.13 bits per heavy atom. The summed E-state index contributed by atoms with van der Waals surface area (Å²) in [6, 6.07) is 4.08. The number of ether oxygens (including phenoxy) is 1. The zero-order chi connectivity index (χ0) is 11.4. The van der Waals surface area contributed by atoms with E-state index in [0.29, 0.717) is 11.3 Å².